The molecule has 2 rings (SSSR count). The van der Waals surface area contributed by atoms with Crippen molar-refractivity contribution >= 4 is 5.78 Å². The van der Waals surface area contributed by atoms with Gasteiger partial charge in [0, 0.05) is 5.56 Å². The second kappa shape index (κ2) is 3.96. The van der Waals surface area contributed by atoms with Crippen molar-refractivity contribution in [2.75, 3.05) is 7.11 Å². The quantitative estimate of drug-likeness (QED) is 0.770. The molecule has 4 nitrogen and oxygen atoms in total. The van der Waals surface area contributed by atoms with E-state index in [0.29, 0.717) is 17.0 Å². The second-order valence-electron chi connectivity index (χ2n) is 3.01. The molecule has 0 aliphatic rings. The maximum absolute atomic E-state index is 11.9. The van der Waals surface area contributed by atoms with E-state index in [4.69, 9.17) is 4.74 Å². The third kappa shape index (κ3) is 1.74. The fraction of sp³-hybridized carbons (Fsp3) is 0.0909. The van der Waals surface area contributed by atoms with E-state index in [1.807, 2.05) is 18.2 Å². The number of rotatable bonds is 3. The van der Waals surface area contributed by atoms with Crippen LogP contribution in [0.4, 0.5) is 0 Å². The summed E-state index contributed by atoms with van der Waals surface area (Å²) < 4.78 is 5.01. The Morgan fingerprint density at radius 1 is 1.33 bits per heavy atom. The van der Waals surface area contributed by atoms with E-state index in [2.05, 4.69) is 10.2 Å². The highest BCUT2D eigenvalue weighted by molar-refractivity contribution is 6.09. The number of methoxy groups -OCH3 is 1. The van der Waals surface area contributed by atoms with Gasteiger partial charge < -0.3 is 4.74 Å². The largest absolute Gasteiger partial charge is 0.493 e. The van der Waals surface area contributed by atoms with E-state index in [1.165, 1.54) is 13.3 Å². The highest BCUT2D eigenvalue weighted by Gasteiger charge is 2.15. The minimum Gasteiger partial charge on any atom is -0.493 e. The summed E-state index contributed by atoms with van der Waals surface area (Å²) in [4.78, 5) is 11.9. The number of aromatic amines is 1. The minimum atomic E-state index is -0.120. The highest BCUT2D eigenvalue weighted by Crippen LogP contribution is 2.17. The predicted molar refractivity (Wildman–Crippen MR) is 55.0 cm³/mol. The SMILES string of the molecule is COc1cn[nH]c1C(=O)c1ccccc1. The van der Waals surface area contributed by atoms with Crippen molar-refractivity contribution in [2.24, 2.45) is 0 Å². The summed E-state index contributed by atoms with van der Waals surface area (Å²) in [6.45, 7) is 0. The number of H-pyrrole nitrogens is 1. The molecule has 0 spiro atoms. The molecule has 0 bridgehead atoms. The van der Waals surface area contributed by atoms with Crippen LogP contribution in [0.15, 0.2) is 36.5 Å². The minimum absolute atomic E-state index is 0.120. The van der Waals surface area contributed by atoms with Gasteiger partial charge in [0.15, 0.2) is 5.75 Å². The average Bonchev–Trinajstić information content (AvgIpc) is 2.77. The Morgan fingerprint density at radius 2 is 2.07 bits per heavy atom. The molecule has 1 aromatic carbocycles. The van der Waals surface area contributed by atoms with Gasteiger partial charge in [0.05, 0.1) is 13.3 Å². The average molecular weight is 202 g/mol. The van der Waals surface area contributed by atoms with Gasteiger partial charge in [-0.3, -0.25) is 9.89 Å². The Balaban J connectivity index is 2.37. The number of hydrogen-bond acceptors (Lipinski definition) is 3. The summed E-state index contributed by atoms with van der Waals surface area (Å²) in [7, 11) is 1.51. The Labute approximate surface area is 86.9 Å². The molecule has 0 saturated carbocycles. The van der Waals surface area contributed by atoms with Gasteiger partial charge in [-0.05, 0) is 0 Å². The van der Waals surface area contributed by atoms with Gasteiger partial charge in [-0.15, -0.1) is 0 Å². The Hall–Kier alpha value is -2.10. The number of carbonyl (C=O) groups excluding carboxylic acids is 1. The molecule has 1 heterocycles. The summed E-state index contributed by atoms with van der Waals surface area (Å²) in [5, 5.41) is 6.40. The number of aromatic nitrogens is 2. The summed E-state index contributed by atoms with van der Waals surface area (Å²) in [5.74, 6) is 0.341. The molecule has 0 atom stereocenters. The first-order valence-electron chi connectivity index (χ1n) is 4.50. The van der Waals surface area contributed by atoms with Gasteiger partial charge in [-0.2, -0.15) is 5.10 Å². The van der Waals surface area contributed by atoms with E-state index in [9.17, 15) is 4.79 Å². The molecule has 0 aliphatic heterocycles. The molecule has 0 saturated heterocycles. The number of nitrogens with one attached hydrogen (secondary N) is 1. The summed E-state index contributed by atoms with van der Waals surface area (Å²) in [5.41, 5.74) is 0.990. The number of ketones is 1. The molecule has 0 fully saturated rings. The first-order valence-corrected chi connectivity index (χ1v) is 4.50. The zero-order chi connectivity index (χ0) is 10.7. The van der Waals surface area contributed by atoms with Crippen molar-refractivity contribution in [3.8, 4) is 5.75 Å². The zero-order valence-corrected chi connectivity index (χ0v) is 8.23. The van der Waals surface area contributed by atoms with Crippen molar-refractivity contribution in [2.45, 2.75) is 0 Å². The van der Waals surface area contributed by atoms with Gasteiger partial charge in [-0.1, -0.05) is 30.3 Å². The second-order valence-corrected chi connectivity index (χ2v) is 3.01. The molecule has 0 aliphatic carbocycles. The zero-order valence-electron chi connectivity index (χ0n) is 8.23. The highest BCUT2D eigenvalue weighted by atomic mass is 16.5. The van der Waals surface area contributed by atoms with Crippen molar-refractivity contribution in [3.05, 3.63) is 47.8 Å². The Bertz CT molecular complexity index is 462. The third-order valence-corrected chi connectivity index (χ3v) is 2.09. The van der Waals surface area contributed by atoms with Crippen LogP contribution < -0.4 is 4.74 Å². The van der Waals surface area contributed by atoms with Gasteiger partial charge >= 0.3 is 0 Å². The van der Waals surface area contributed by atoms with E-state index in [-0.39, 0.29) is 5.78 Å². The van der Waals surface area contributed by atoms with Crippen LogP contribution in [-0.2, 0) is 0 Å². The van der Waals surface area contributed by atoms with Crippen LogP contribution in [0, 0.1) is 0 Å². The summed E-state index contributed by atoms with van der Waals surface area (Å²) >= 11 is 0. The van der Waals surface area contributed by atoms with Crippen LogP contribution >= 0.6 is 0 Å². The topological polar surface area (TPSA) is 55.0 Å². The van der Waals surface area contributed by atoms with Gasteiger partial charge in [0.2, 0.25) is 5.78 Å². The van der Waals surface area contributed by atoms with Gasteiger partial charge in [0.25, 0.3) is 0 Å². The van der Waals surface area contributed by atoms with E-state index >= 15 is 0 Å². The van der Waals surface area contributed by atoms with Crippen LogP contribution in [0.5, 0.6) is 5.75 Å². The van der Waals surface area contributed by atoms with Crippen molar-refractivity contribution in [1.29, 1.82) is 0 Å². The maximum atomic E-state index is 11.9. The lowest BCUT2D eigenvalue weighted by Crippen LogP contribution is -2.03. The lowest BCUT2D eigenvalue weighted by atomic mass is 10.1. The molecule has 15 heavy (non-hydrogen) atoms. The fourth-order valence-corrected chi connectivity index (χ4v) is 1.33. The number of hydrogen-bond donors (Lipinski definition) is 1. The smallest absolute Gasteiger partial charge is 0.214 e. The molecular formula is C11H10N2O2. The van der Waals surface area contributed by atoms with Crippen LogP contribution in [0.1, 0.15) is 16.1 Å². The first kappa shape index (κ1) is 9.45. The van der Waals surface area contributed by atoms with Crippen molar-refractivity contribution in [1.82, 2.24) is 10.2 Å². The number of ether oxygens (including phenoxy) is 1. The lowest BCUT2D eigenvalue weighted by molar-refractivity contribution is 0.103. The van der Waals surface area contributed by atoms with Crippen LogP contribution in [-0.4, -0.2) is 23.1 Å². The maximum Gasteiger partial charge on any atom is 0.214 e. The first-order chi connectivity index (χ1) is 7.33. The molecule has 0 amide bonds. The fourth-order valence-electron chi connectivity index (χ4n) is 1.33. The van der Waals surface area contributed by atoms with Gasteiger partial charge in [0.1, 0.15) is 5.69 Å². The van der Waals surface area contributed by atoms with Crippen molar-refractivity contribution < 1.29 is 9.53 Å². The lowest BCUT2D eigenvalue weighted by Gasteiger charge is -2.00. The molecule has 1 aromatic heterocycles. The molecule has 2 aromatic rings. The number of benzene rings is 1. The van der Waals surface area contributed by atoms with E-state index in [1.54, 1.807) is 12.1 Å². The van der Waals surface area contributed by atoms with Crippen LogP contribution in [0.25, 0.3) is 0 Å². The summed E-state index contributed by atoms with van der Waals surface area (Å²) in [6, 6.07) is 9.00. The normalized spacial score (nSPS) is 9.93. The van der Waals surface area contributed by atoms with Crippen LogP contribution in [0.2, 0.25) is 0 Å². The van der Waals surface area contributed by atoms with E-state index in [0.717, 1.165) is 0 Å². The molecule has 0 radical (unpaired) electrons. The monoisotopic (exact) mass is 202 g/mol. The predicted octanol–water partition coefficient (Wildman–Crippen LogP) is 1.65. The van der Waals surface area contributed by atoms with Crippen LogP contribution in [0.3, 0.4) is 0 Å². The number of nitrogens with zero attached hydrogens (tertiary/aromatic N) is 1. The molecular weight excluding hydrogens is 192 g/mol. The molecule has 1 N–H and O–H groups in total. The molecule has 4 heteroatoms. The third-order valence-electron chi connectivity index (χ3n) is 2.09. The summed E-state index contributed by atoms with van der Waals surface area (Å²) in [6.07, 6.45) is 1.48. The van der Waals surface area contributed by atoms with Gasteiger partial charge in [-0.25, -0.2) is 0 Å². The number of carbonyl (C=O) groups is 1. The van der Waals surface area contributed by atoms with Crippen molar-refractivity contribution in [3.63, 3.8) is 0 Å². The molecule has 76 valence electrons. The Kier molecular flexibility index (Phi) is 2.49. The molecule has 0 unspecified atom stereocenters. The van der Waals surface area contributed by atoms with E-state index < -0.39 is 0 Å². The standard InChI is InChI=1S/C11H10N2O2/c1-15-9-7-12-13-10(9)11(14)8-5-3-2-4-6-8/h2-7H,1H3,(H,12,13). The Morgan fingerprint density at radius 3 is 2.73 bits per heavy atom.